The maximum absolute atomic E-state index is 13.1. The first-order chi connectivity index (χ1) is 15.6. The van der Waals surface area contributed by atoms with Gasteiger partial charge in [0.1, 0.15) is 16.8 Å². The van der Waals surface area contributed by atoms with Gasteiger partial charge in [0.25, 0.3) is 5.56 Å². The topological polar surface area (TPSA) is 86.4 Å². The van der Waals surface area contributed by atoms with Crippen molar-refractivity contribution in [3.05, 3.63) is 64.4 Å². The van der Waals surface area contributed by atoms with Crippen molar-refractivity contribution in [1.82, 2.24) is 14.9 Å². The molecule has 2 heterocycles. The van der Waals surface area contributed by atoms with Gasteiger partial charge < -0.3 is 14.5 Å². The number of carbonyl (C=O) groups excluding carboxylic acids is 1. The lowest BCUT2D eigenvalue weighted by molar-refractivity contribution is -0.118. The molecule has 4 aromatic rings. The van der Waals surface area contributed by atoms with Crippen LogP contribution in [-0.2, 0) is 17.9 Å². The van der Waals surface area contributed by atoms with Crippen molar-refractivity contribution in [2.45, 2.75) is 38.0 Å². The molecule has 166 valence electrons. The van der Waals surface area contributed by atoms with Crippen LogP contribution < -0.4 is 15.6 Å². The van der Waals surface area contributed by atoms with Crippen LogP contribution in [0, 0.1) is 0 Å². The Bertz CT molecular complexity index is 1290. The Kier molecular flexibility index (Phi) is 6.80. The third-order valence-electron chi connectivity index (χ3n) is 5.16. The fourth-order valence-electron chi connectivity index (χ4n) is 3.40. The predicted molar refractivity (Wildman–Crippen MR) is 126 cm³/mol. The average Bonchev–Trinajstić information content (AvgIpc) is 3.20. The third-order valence-corrected chi connectivity index (χ3v) is 6.14. The highest BCUT2D eigenvalue weighted by Gasteiger charge is 2.18. The second-order valence-electron chi connectivity index (χ2n) is 7.39. The summed E-state index contributed by atoms with van der Waals surface area (Å²) in [5.41, 5.74) is 2.21. The quantitative estimate of drug-likeness (QED) is 0.301. The number of carbonyl (C=O) groups is 1. The highest BCUT2D eigenvalue weighted by molar-refractivity contribution is 7.99. The van der Waals surface area contributed by atoms with Crippen molar-refractivity contribution in [1.29, 1.82) is 0 Å². The summed E-state index contributed by atoms with van der Waals surface area (Å²) in [6.07, 6.45) is 1.78. The highest BCUT2D eigenvalue weighted by Crippen LogP contribution is 2.27. The van der Waals surface area contributed by atoms with E-state index in [0.29, 0.717) is 29.3 Å². The molecular weight excluding hydrogens is 426 g/mol. The van der Waals surface area contributed by atoms with Crippen LogP contribution in [0.25, 0.3) is 22.1 Å². The van der Waals surface area contributed by atoms with Crippen LogP contribution in [0.1, 0.15) is 25.3 Å². The van der Waals surface area contributed by atoms with E-state index in [1.807, 2.05) is 48.5 Å². The van der Waals surface area contributed by atoms with E-state index < -0.39 is 0 Å². The molecule has 0 saturated heterocycles. The number of rotatable bonds is 9. The van der Waals surface area contributed by atoms with Crippen LogP contribution in [0.5, 0.6) is 5.75 Å². The van der Waals surface area contributed by atoms with Gasteiger partial charge in [-0.15, -0.1) is 0 Å². The van der Waals surface area contributed by atoms with Crippen molar-refractivity contribution < 1.29 is 13.9 Å². The Morgan fingerprint density at radius 1 is 1.19 bits per heavy atom. The van der Waals surface area contributed by atoms with Gasteiger partial charge in [-0.25, -0.2) is 4.98 Å². The lowest BCUT2D eigenvalue weighted by Crippen LogP contribution is -2.26. The molecule has 1 N–H and O–H groups in total. The maximum atomic E-state index is 13.1. The summed E-state index contributed by atoms with van der Waals surface area (Å²) in [7, 11) is 1.62. The van der Waals surface area contributed by atoms with Gasteiger partial charge in [0.15, 0.2) is 5.16 Å². The Hall–Kier alpha value is -3.26. The first-order valence-corrected chi connectivity index (χ1v) is 11.5. The van der Waals surface area contributed by atoms with Gasteiger partial charge in [-0.05, 0) is 36.2 Å². The first kappa shape index (κ1) is 22.0. The molecule has 0 aliphatic carbocycles. The van der Waals surface area contributed by atoms with Crippen molar-refractivity contribution >= 4 is 39.7 Å². The molecule has 0 aliphatic rings. The van der Waals surface area contributed by atoms with E-state index >= 15 is 0 Å². The fourth-order valence-corrected chi connectivity index (χ4v) is 4.25. The fraction of sp³-hybridized carbons (Fsp3) is 0.292. The summed E-state index contributed by atoms with van der Waals surface area (Å²) >= 11 is 1.27. The van der Waals surface area contributed by atoms with Gasteiger partial charge in [-0.3, -0.25) is 14.2 Å². The van der Waals surface area contributed by atoms with E-state index in [1.165, 1.54) is 11.8 Å². The molecule has 0 fully saturated rings. The number of nitrogens with one attached hydrogen (secondary N) is 1. The molecule has 0 bridgehead atoms. The summed E-state index contributed by atoms with van der Waals surface area (Å²) in [6.45, 7) is 3.02. The molecule has 0 saturated carbocycles. The molecule has 8 heteroatoms. The van der Waals surface area contributed by atoms with Crippen LogP contribution in [0.2, 0.25) is 0 Å². The third kappa shape index (κ3) is 4.65. The number of furan rings is 1. The van der Waals surface area contributed by atoms with E-state index in [0.717, 1.165) is 29.5 Å². The number of methoxy groups -OCH3 is 1. The number of ether oxygens (including phenoxy) is 1. The van der Waals surface area contributed by atoms with Crippen molar-refractivity contribution in [2.24, 2.45) is 0 Å². The molecule has 0 radical (unpaired) electrons. The van der Waals surface area contributed by atoms with Crippen molar-refractivity contribution in [2.75, 3.05) is 12.9 Å². The van der Waals surface area contributed by atoms with Crippen LogP contribution in [0.4, 0.5) is 0 Å². The average molecular weight is 452 g/mol. The largest absolute Gasteiger partial charge is 0.497 e. The minimum absolute atomic E-state index is 0.126. The van der Waals surface area contributed by atoms with Gasteiger partial charge in [0, 0.05) is 18.5 Å². The van der Waals surface area contributed by atoms with Crippen molar-refractivity contribution in [3.8, 4) is 5.75 Å². The van der Waals surface area contributed by atoms with Crippen LogP contribution >= 0.6 is 11.8 Å². The first-order valence-electron chi connectivity index (χ1n) is 10.5. The molecule has 7 nitrogen and oxygen atoms in total. The number of nitrogens with zero attached hydrogens (tertiary/aromatic N) is 2. The summed E-state index contributed by atoms with van der Waals surface area (Å²) in [6, 6.07) is 15.0. The summed E-state index contributed by atoms with van der Waals surface area (Å²) < 4.78 is 12.6. The second kappa shape index (κ2) is 9.91. The van der Waals surface area contributed by atoms with Crippen LogP contribution in [-0.4, -0.2) is 28.3 Å². The minimum Gasteiger partial charge on any atom is -0.497 e. The normalized spacial score (nSPS) is 11.2. The number of hydrogen-bond donors (Lipinski definition) is 1. The molecule has 0 atom stereocenters. The predicted octanol–water partition coefficient (Wildman–Crippen LogP) is 4.36. The van der Waals surface area contributed by atoms with Crippen molar-refractivity contribution in [3.63, 3.8) is 0 Å². The molecular formula is C24H25N3O4S. The van der Waals surface area contributed by atoms with E-state index in [1.54, 1.807) is 11.7 Å². The Morgan fingerprint density at radius 3 is 2.72 bits per heavy atom. The van der Waals surface area contributed by atoms with E-state index in [4.69, 9.17) is 14.1 Å². The summed E-state index contributed by atoms with van der Waals surface area (Å²) in [4.78, 5) is 30.3. The number of aromatic nitrogens is 2. The Morgan fingerprint density at radius 2 is 1.97 bits per heavy atom. The standard InChI is InChI=1S/C24H25N3O4S/c1-3-4-13-27-23(29)22-21(18-7-5-6-8-19(18)31-22)26-24(27)32-15-20(28)25-14-16-9-11-17(30-2)12-10-16/h5-12H,3-4,13-15H2,1-2H3,(H,25,28). The zero-order valence-electron chi connectivity index (χ0n) is 18.1. The van der Waals surface area contributed by atoms with Crippen LogP contribution in [0.15, 0.2) is 62.9 Å². The summed E-state index contributed by atoms with van der Waals surface area (Å²) in [5.74, 6) is 0.809. The molecule has 0 aliphatic heterocycles. The molecule has 32 heavy (non-hydrogen) atoms. The Labute approximate surface area is 189 Å². The van der Waals surface area contributed by atoms with Gasteiger partial charge >= 0.3 is 0 Å². The number of amides is 1. The minimum atomic E-state index is -0.208. The van der Waals surface area contributed by atoms with Crippen LogP contribution in [0.3, 0.4) is 0 Å². The van der Waals surface area contributed by atoms with E-state index in [-0.39, 0.29) is 22.8 Å². The van der Waals surface area contributed by atoms with Gasteiger partial charge in [-0.1, -0.05) is 49.4 Å². The Balaban J connectivity index is 1.53. The van der Waals surface area contributed by atoms with Gasteiger partial charge in [0.05, 0.1) is 12.9 Å². The zero-order valence-corrected chi connectivity index (χ0v) is 18.9. The van der Waals surface area contributed by atoms with Gasteiger partial charge in [-0.2, -0.15) is 0 Å². The maximum Gasteiger partial charge on any atom is 0.297 e. The number of benzene rings is 2. The van der Waals surface area contributed by atoms with E-state index in [9.17, 15) is 9.59 Å². The molecule has 2 aromatic carbocycles. The smallest absolute Gasteiger partial charge is 0.297 e. The van der Waals surface area contributed by atoms with Gasteiger partial charge in [0.2, 0.25) is 11.5 Å². The SMILES string of the molecule is CCCCn1c(SCC(=O)NCc2ccc(OC)cc2)nc2c(oc3ccccc32)c1=O. The number of fused-ring (bicyclic) bond motifs is 3. The number of unbranched alkanes of at least 4 members (excludes halogenated alkanes) is 1. The zero-order chi connectivity index (χ0) is 22.5. The molecule has 4 rings (SSSR count). The monoisotopic (exact) mass is 451 g/mol. The molecule has 0 unspecified atom stereocenters. The number of thioether (sulfide) groups is 1. The lowest BCUT2D eigenvalue weighted by Gasteiger charge is -2.11. The molecule has 0 spiro atoms. The van der Waals surface area contributed by atoms with E-state index in [2.05, 4.69) is 12.2 Å². The lowest BCUT2D eigenvalue weighted by atomic mass is 10.2. The number of para-hydroxylation sites is 1. The summed E-state index contributed by atoms with van der Waals surface area (Å²) in [5, 5.41) is 4.24. The molecule has 2 aromatic heterocycles. The number of hydrogen-bond acceptors (Lipinski definition) is 6. The highest BCUT2D eigenvalue weighted by atomic mass is 32.2. The molecule has 1 amide bonds. The second-order valence-corrected chi connectivity index (χ2v) is 8.34.